The molecule has 27 heavy (non-hydrogen) atoms. The van der Waals surface area contributed by atoms with Gasteiger partial charge in [-0.25, -0.2) is 0 Å². The monoisotopic (exact) mass is 487 g/mol. The van der Waals surface area contributed by atoms with Gasteiger partial charge in [-0.2, -0.15) is 0 Å². The van der Waals surface area contributed by atoms with Gasteiger partial charge < -0.3 is 0 Å². The summed E-state index contributed by atoms with van der Waals surface area (Å²) in [6, 6.07) is 3.79. The zero-order valence-electron chi connectivity index (χ0n) is 17.2. The Labute approximate surface area is 168 Å². The molecule has 1 rings (SSSR count). The molecule has 0 aliphatic rings. The number of hydrogen-bond donors (Lipinski definition) is 3. The van der Waals surface area contributed by atoms with Crippen molar-refractivity contribution < 1.29 is 18.1 Å². The van der Waals surface area contributed by atoms with E-state index in [1.54, 1.807) is 6.07 Å². The van der Waals surface area contributed by atoms with Crippen molar-refractivity contribution in [3.05, 3.63) is 23.8 Å². The molecular formula is C21H37NO4Sn. The normalized spacial score (nSPS) is 12.7. The standard InChI is InChI=1S/C9H11NO4.3C4H9.Sn/c10-6(9(13)14)3-5-1-2-7(11)8(12)4-5;3*1-3-4-2;/h1-2,4,6,11-12H,3,10H2,(H,13,14);3*1,3-4H2,2H3;/q;;;;+1/p-1/t6-;;;;/m0..../s1. The maximum atomic E-state index is 12.8. The first kappa shape index (κ1) is 24.1. The van der Waals surface area contributed by atoms with Gasteiger partial charge in [0.2, 0.25) is 0 Å². The fourth-order valence-corrected chi connectivity index (χ4v) is 16.6. The molecule has 0 heterocycles. The molecule has 1 aromatic carbocycles. The molecule has 1 atom stereocenters. The number of carbonyl (C=O) groups is 1. The second-order valence-electron chi connectivity index (χ2n) is 7.55. The van der Waals surface area contributed by atoms with E-state index < -0.39 is 24.8 Å². The predicted molar refractivity (Wildman–Crippen MR) is 112 cm³/mol. The quantitative estimate of drug-likeness (QED) is 0.274. The molecule has 0 radical (unpaired) electrons. The Morgan fingerprint density at radius 2 is 1.52 bits per heavy atom. The van der Waals surface area contributed by atoms with Gasteiger partial charge in [0.1, 0.15) is 0 Å². The second kappa shape index (κ2) is 12.5. The number of rotatable bonds is 13. The number of unbranched alkanes of at least 4 members (excludes halogenated alkanes) is 3. The molecule has 0 aliphatic heterocycles. The van der Waals surface area contributed by atoms with Crippen LogP contribution in [0, 0.1) is 0 Å². The van der Waals surface area contributed by atoms with Crippen LogP contribution in [0.4, 0.5) is 0 Å². The predicted octanol–water partition coefficient (Wildman–Crippen LogP) is 4.86. The summed E-state index contributed by atoms with van der Waals surface area (Å²) >= 11 is -3.02. The molecule has 0 spiro atoms. The number of nitrogens with two attached hydrogens (primary N) is 1. The van der Waals surface area contributed by atoms with Crippen molar-refractivity contribution in [3.63, 3.8) is 0 Å². The molecule has 4 N–H and O–H groups in total. The molecular weight excluding hydrogens is 449 g/mol. The van der Waals surface area contributed by atoms with E-state index in [2.05, 4.69) is 20.8 Å². The van der Waals surface area contributed by atoms with Gasteiger partial charge in [0.25, 0.3) is 0 Å². The number of aromatic hydroxyl groups is 2. The molecule has 6 heteroatoms. The van der Waals surface area contributed by atoms with E-state index in [1.807, 2.05) is 0 Å². The van der Waals surface area contributed by atoms with Gasteiger partial charge >= 0.3 is 169 Å². The Morgan fingerprint density at radius 3 is 1.96 bits per heavy atom. The molecule has 0 amide bonds. The Balaban J connectivity index is 2.85. The van der Waals surface area contributed by atoms with Crippen molar-refractivity contribution in [2.45, 2.75) is 85.1 Å². The van der Waals surface area contributed by atoms with Gasteiger partial charge in [-0.05, 0) is 0 Å². The van der Waals surface area contributed by atoms with Crippen molar-refractivity contribution in [2.24, 2.45) is 5.73 Å². The SMILES string of the molecule is CCC[CH2][Sn]([CH2]CCC)([CH2]CCC)[O]C(=O)[C@@H](N)Cc1ccc(O)c(O)c1. The molecule has 0 unspecified atom stereocenters. The molecule has 5 nitrogen and oxygen atoms in total. The van der Waals surface area contributed by atoms with E-state index in [0.717, 1.165) is 51.8 Å². The molecule has 0 aromatic heterocycles. The molecule has 0 fully saturated rings. The van der Waals surface area contributed by atoms with Gasteiger partial charge in [-0.3, -0.25) is 0 Å². The summed E-state index contributed by atoms with van der Waals surface area (Å²) in [6.07, 6.45) is 7.02. The van der Waals surface area contributed by atoms with Crippen LogP contribution in [0.3, 0.4) is 0 Å². The summed E-state index contributed by atoms with van der Waals surface area (Å²) in [5.41, 5.74) is 6.86. The van der Waals surface area contributed by atoms with E-state index in [1.165, 1.54) is 12.1 Å². The van der Waals surface area contributed by atoms with Crippen LogP contribution in [-0.2, 0) is 14.3 Å². The van der Waals surface area contributed by atoms with Crippen molar-refractivity contribution in [3.8, 4) is 11.5 Å². The van der Waals surface area contributed by atoms with E-state index in [0.29, 0.717) is 12.0 Å². The topological polar surface area (TPSA) is 92.8 Å². The van der Waals surface area contributed by atoms with Crippen LogP contribution in [-0.4, -0.2) is 41.0 Å². The van der Waals surface area contributed by atoms with E-state index in [-0.39, 0.29) is 17.5 Å². The summed E-state index contributed by atoms with van der Waals surface area (Å²) in [5.74, 6) is -0.666. The molecule has 0 aliphatic carbocycles. The number of hydrogen-bond acceptors (Lipinski definition) is 5. The van der Waals surface area contributed by atoms with Crippen LogP contribution in [0.15, 0.2) is 18.2 Å². The zero-order valence-corrected chi connectivity index (χ0v) is 20.0. The fourth-order valence-electron chi connectivity index (χ4n) is 3.35. The summed E-state index contributed by atoms with van der Waals surface area (Å²) in [4.78, 5) is 12.8. The van der Waals surface area contributed by atoms with Crippen molar-refractivity contribution in [2.75, 3.05) is 0 Å². The van der Waals surface area contributed by atoms with E-state index in [9.17, 15) is 15.0 Å². The van der Waals surface area contributed by atoms with E-state index >= 15 is 0 Å². The molecule has 0 bridgehead atoms. The third kappa shape index (κ3) is 8.30. The van der Waals surface area contributed by atoms with Crippen LogP contribution < -0.4 is 5.73 Å². The van der Waals surface area contributed by atoms with Crippen LogP contribution in [0.25, 0.3) is 0 Å². The molecule has 0 saturated heterocycles. The summed E-state index contributed by atoms with van der Waals surface area (Å²) < 4.78 is 9.53. The number of phenols is 2. The molecule has 1 aromatic rings. The third-order valence-corrected chi connectivity index (χ3v) is 17.7. The van der Waals surface area contributed by atoms with Crippen molar-refractivity contribution in [1.82, 2.24) is 0 Å². The third-order valence-electron chi connectivity index (χ3n) is 5.07. The summed E-state index contributed by atoms with van der Waals surface area (Å²) in [6.45, 7) is 6.55. The molecule has 154 valence electrons. The summed E-state index contributed by atoms with van der Waals surface area (Å²) in [5, 5.41) is 19.1. The van der Waals surface area contributed by atoms with Gasteiger partial charge in [0.15, 0.2) is 0 Å². The van der Waals surface area contributed by atoms with Crippen LogP contribution >= 0.6 is 0 Å². The summed E-state index contributed by atoms with van der Waals surface area (Å²) in [7, 11) is 0. The van der Waals surface area contributed by atoms with Crippen molar-refractivity contribution in [1.29, 1.82) is 0 Å². The van der Waals surface area contributed by atoms with Gasteiger partial charge in [-0.15, -0.1) is 0 Å². The number of carbonyl (C=O) groups excluding carboxylic acids is 1. The maximum absolute atomic E-state index is 12.8. The Hall–Kier alpha value is -0.951. The first-order chi connectivity index (χ1) is 12.9. The van der Waals surface area contributed by atoms with Gasteiger partial charge in [0, 0.05) is 0 Å². The minimum absolute atomic E-state index is 0.177. The van der Waals surface area contributed by atoms with Crippen molar-refractivity contribution >= 4 is 24.8 Å². The Kier molecular flexibility index (Phi) is 11.1. The van der Waals surface area contributed by atoms with Gasteiger partial charge in [-0.1, -0.05) is 0 Å². The number of phenolic OH excluding ortho intramolecular Hbond substituents is 2. The minimum atomic E-state index is -3.02. The number of benzene rings is 1. The van der Waals surface area contributed by atoms with Gasteiger partial charge in [0.05, 0.1) is 0 Å². The second-order valence-corrected chi connectivity index (χ2v) is 19.2. The Bertz CT molecular complexity index is 558. The first-order valence-corrected chi connectivity index (χ1v) is 17.6. The molecule has 0 saturated carbocycles. The van der Waals surface area contributed by atoms with Crippen LogP contribution in [0.1, 0.15) is 64.9 Å². The van der Waals surface area contributed by atoms with E-state index in [4.69, 9.17) is 8.81 Å². The Morgan fingerprint density at radius 1 is 1.00 bits per heavy atom. The zero-order chi connectivity index (χ0) is 20.3. The average Bonchev–Trinajstić information content (AvgIpc) is 2.65. The fraction of sp³-hybridized carbons (Fsp3) is 0.667. The first-order valence-electron chi connectivity index (χ1n) is 10.4. The van der Waals surface area contributed by atoms with Crippen LogP contribution in [0.2, 0.25) is 13.3 Å². The van der Waals surface area contributed by atoms with Crippen LogP contribution in [0.5, 0.6) is 11.5 Å². The average molecular weight is 486 g/mol.